The molecule has 0 aliphatic rings. The molecule has 0 saturated carbocycles. The third-order valence-corrected chi connectivity index (χ3v) is 3.56. The van der Waals surface area contributed by atoms with Gasteiger partial charge in [-0.2, -0.15) is 0 Å². The van der Waals surface area contributed by atoms with Crippen molar-refractivity contribution in [2.75, 3.05) is 13.2 Å². The van der Waals surface area contributed by atoms with E-state index in [1.807, 2.05) is 67.6 Å². The molecule has 0 N–H and O–H groups in total. The summed E-state index contributed by atoms with van der Waals surface area (Å²) in [4.78, 5) is 0. The lowest BCUT2D eigenvalue weighted by Crippen LogP contribution is -2.47. The van der Waals surface area contributed by atoms with Crippen molar-refractivity contribution in [2.24, 2.45) is 0 Å². The number of para-hydroxylation sites is 2. The maximum Gasteiger partial charge on any atom is 0.241 e. The summed E-state index contributed by atoms with van der Waals surface area (Å²) in [6.45, 7) is 6.64. The van der Waals surface area contributed by atoms with Gasteiger partial charge in [-0.05, 0) is 31.2 Å². The molecule has 0 aromatic heterocycles. The third kappa shape index (κ3) is 5.39. The van der Waals surface area contributed by atoms with E-state index >= 15 is 0 Å². The van der Waals surface area contributed by atoms with E-state index in [-0.39, 0.29) is 0 Å². The molecule has 0 spiro atoms. The van der Waals surface area contributed by atoms with Crippen LogP contribution in [0.3, 0.4) is 0 Å². The number of rotatable bonds is 8. The van der Waals surface area contributed by atoms with Crippen LogP contribution in [0.5, 0.6) is 11.5 Å². The van der Waals surface area contributed by atoms with Gasteiger partial charge < -0.3 is 14.2 Å². The van der Waals surface area contributed by atoms with Gasteiger partial charge in [0.1, 0.15) is 28.3 Å². The molecule has 0 unspecified atom stereocenters. The van der Waals surface area contributed by atoms with Crippen LogP contribution in [0.15, 0.2) is 72.8 Å². The third-order valence-electron chi connectivity index (χ3n) is 2.87. The Morgan fingerprint density at radius 1 is 0.955 bits per heavy atom. The van der Waals surface area contributed by atoms with E-state index in [9.17, 15) is 0 Å². The molecule has 2 aromatic rings. The van der Waals surface area contributed by atoms with Crippen LogP contribution in [-0.4, -0.2) is 28.9 Å². The number of hydrogen-bond donors (Lipinski definition) is 0. The van der Waals surface area contributed by atoms with Crippen LogP contribution >= 0.6 is 0 Å². The van der Waals surface area contributed by atoms with Gasteiger partial charge in [0.15, 0.2) is 0 Å². The standard InChI is InChI=1S/C18H22O3Si/c1-15(2)13-19-14-18(22,20-16-9-5-3-6-10-16)21-17-11-7-4-8-12-17/h3-12H,1,13-14H2,2,22H3. The first kappa shape index (κ1) is 16.3. The topological polar surface area (TPSA) is 27.7 Å². The van der Waals surface area contributed by atoms with Gasteiger partial charge in [0.2, 0.25) is 5.41 Å². The first-order chi connectivity index (χ1) is 10.6. The molecule has 3 nitrogen and oxygen atoms in total. The van der Waals surface area contributed by atoms with Crippen LogP contribution in [0.25, 0.3) is 0 Å². The van der Waals surface area contributed by atoms with E-state index < -0.39 is 5.41 Å². The summed E-state index contributed by atoms with van der Waals surface area (Å²) < 4.78 is 17.8. The highest BCUT2D eigenvalue weighted by atomic mass is 28.1. The predicted octanol–water partition coefficient (Wildman–Crippen LogP) is 2.76. The summed E-state index contributed by atoms with van der Waals surface area (Å²) >= 11 is 0. The second kappa shape index (κ2) is 7.82. The molecule has 2 aromatic carbocycles. The molecule has 0 atom stereocenters. The SMILES string of the molecule is C=C(C)COCC([SiH3])(Oc1ccccc1)Oc1ccccc1. The highest BCUT2D eigenvalue weighted by Crippen LogP contribution is 2.21. The van der Waals surface area contributed by atoms with Crippen molar-refractivity contribution >= 4 is 10.2 Å². The van der Waals surface area contributed by atoms with Gasteiger partial charge in [0, 0.05) is 0 Å². The van der Waals surface area contributed by atoms with Crippen LogP contribution in [0, 0.1) is 0 Å². The number of ether oxygens (including phenoxy) is 3. The fourth-order valence-electron chi connectivity index (χ4n) is 1.97. The molecule has 4 heteroatoms. The van der Waals surface area contributed by atoms with Crippen LogP contribution in [0.4, 0.5) is 0 Å². The monoisotopic (exact) mass is 314 g/mol. The van der Waals surface area contributed by atoms with Gasteiger partial charge in [-0.3, -0.25) is 0 Å². The fourth-order valence-corrected chi connectivity index (χ4v) is 2.64. The fraction of sp³-hybridized carbons (Fsp3) is 0.222. The highest BCUT2D eigenvalue weighted by molar-refractivity contribution is 6.14. The Bertz CT molecular complexity index is 542. The summed E-state index contributed by atoms with van der Waals surface area (Å²) in [5, 5.41) is 0. The minimum atomic E-state index is -0.780. The molecule has 22 heavy (non-hydrogen) atoms. The summed E-state index contributed by atoms with van der Waals surface area (Å²) in [5.41, 5.74) is 0.196. The first-order valence-corrected chi connectivity index (χ1v) is 8.28. The first-order valence-electron chi connectivity index (χ1n) is 7.28. The van der Waals surface area contributed by atoms with Crippen molar-refractivity contribution in [1.82, 2.24) is 0 Å². The van der Waals surface area contributed by atoms with E-state index in [0.717, 1.165) is 17.1 Å². The van der Waals surface area contributed by atoms with E-state index in [2.05, 4.69) is 6.58 Å². The summed E-state index contributed by atoms with van der Waals surface area (Å²) in [6.07, 6.45) is 0. The molecule has 0 saturated heterocycles. The second-order valence-electron chi connectivity index (χ2n) is 5.41. The minimum Gasteiger partial charge on any atom is -0.455 e. The lowest BCUT2D eigenvalue weighted by Gasteiger charge is -2.31. The second-order valence-corrected chi connectivity index (χ2v) is 6.94. The van der Waals surface area contributed by atoms with Gasteiger partial charge >= 0.3 is 0 Å². The molecule has 0 aliphatic carbocycles. The van der Waals surface area contributed by atoms with Crippen LogP contribution in [0.2, 0.25) is 0 Å². The predicted molar refractivity (Wildman–Crippen MR) is 92.4 cm³/mol. The van der Waals surface area contributed by atoms with Gasteiger partial charge in [-0.15, -0.1) is 0 Å². The quantitative estimate of drug-likeness (QED) is 0.426. The van der Waals surface area contributed by atoms with Crippen molar-refractivity contribution in [3.63, 3.8) is 0 Å². The number of benzene rings is 2. The Kier molecular flexibility index (Phi) is 5.80. The minimum absolute atomic E-state index is 0.357. The molecule has 0 heterocycles. The zero-order valence-corrected chi connectivity index (χ0v) is 15.1. The van der Waals surface area contributed by atoms with Crippen molar-refractivity contribution in [3.05, 3.63) is 72.8 Å². The summed E-state index contributed by atoms with van der Waals surface area (Å²) in [5.74, 6) is 1.54. The van der Waals surface area contributed by atoms with Crippen molar-refractivity contribution in [2.45, 2.75) is 12.3 Å². The zero-order valence-electron chi connectivity index (χ0n) is 13.1. The Labute approximate surface area is 135 Å². The van der Waals surface area contributed by atoms with Crippen molar-refractivity contribution in [1.29, 1.82) is 0 Å². The lowest BCUT2D eigenvalue weighted by molar-refractivity contribution is -0.0923. The Hall–Kier alpha value is -2.04. The maximum absolute atomic E-state index is 6.07. The van der Waals surface area contributed by atoms with Gasteiger partial charge in [-0.1, -0.05) is 48.6 Å². The van der Waals surface area contributed by atoms with E-state index in [4.69, 9.17) is 14.2 Å². The Morgan fingerprint density at radius 3 is 1.82 bits per heavy atom. The summed E-state index contributed by atoms with van der Waals surface area (Å²) in [7, 11) is 0.649. The molecule has 0 fully saturated rings. The molecule has 2 rings (SSSR count). The Balaban J connectivity index is 2.10. The Morgan fingerprint density at radius 2 is 1.41 bits per heavy atom. The van der Waals surface area contributed by atoms with Crippen LogP contribution in [-0.2, 0) is 4.74 Å². The van der Waals surface area contributed by atoms with Crippen molar-refractivity contribution in [3.8, 4) is 11.5 Å². The van der Waals surface area contributed by atoms with Gasteiger partial charge in [-0.25, -0.2) is 0 Å². The largest absolute Gasteiger partial charge is 0.455 e. The molecular weight excluding hydrogens is 292 g/mol. The molecule has 116 valence electrons. The molecule has 0 bridgehead atoms. The average molecular weight is 314 g/mol. The summed E-state index contributed by atoms with van der Waals surface area (Å²) in [6, 6.07) is 19.3. The molecule has 0 radical (unpaired) electrons. The normalized spacial score (nSPS) is 11.1. The molecule has 0 aliphatic heterocycles. The smallest absolute Gasteiger partial charge is 0.241 e. The highest BCUT2D eigenvalue weighted by Gasteiger charge is 2.29. The molecule has 0 amide bonds. The van der Waals surface area contributed by atoms with Gasteiger partial charge in [0.05, 0.1) is 6.61 Å². The average Bonchev–Trinajstić information content (AvgIpc) is 2.48. The van der Waals surface area contributed by atoms with E-state index in [1.54, 1.807) is 0 Å². The van der Waals surface area contributed by atoms with Gasteiger partial charge in [0.25, 0.3) is 0 Å². The maximum atomic E-state index is 6.07. The zero-order chi connectivity index (χ0) is 15.8. The van der Waals surface area contributed by atoms with Crippen molar-refractivity contribution < 1.29 is 14.2 Å². The number of hydrogen-bond acceptors (Lipinski definition) is 3. The van der Waals surface area contributed by atoms with Crippen LogP contribution < -0.4 is 9.47 Å². The van der Waals surface area contributed by atoms with Crippen LogP contribution in [0.1, 0.15) is 6.92 Å². The molecular formula is C18H22O3Si. The van der Waals surface area contributed by atoms with E-state index in [1.165, 1.54) is 0 Å². The lowest BCUT2D eigenvalue weighted by atomic mass is 10.3. The van der Waals surface area contributed by atoms with E-state index in [0.29, 0.717) is 23.5 Å².